The fraction of sp³-hybridized carbons (Fsp3) is 0.571. The zero-order valence-corrected chi connectivity index (χ0v) is 10.2. The molecule has 94 valence electrons. The summed E-state index contributed by atoms with van der Waals surface area (Å²) in [6.07, 6.45) is 3.31. The van der Waals surface area contributed by atoms with Crippen LogP contribution in [0.25, 0.3) is 0 Å². The van der Waals surface area contributed by atoms with Crippen molar-refractivity contribution < 1.29 is 9.47 Å². The molecule has 3 nitrogen and oxygen atoms in total. The molecule has 0 aromatic heterocycles. The highest BCUT2D eigenvalue weighted by molar-refractivity contribution is 5.17. The molecule has 3 heteroatoms. The van der Waals surface area contributed by atoms with E-state index in [1.807, 2.05) is 18.2 Å². The van der Waals surface area contributed by atoms with E-state index in [1.165, 1.54) is 5.56 Å². The Balaban J connectivity index is 1.96. The number of benzene rings is 1. The maximum Gasteiger partial charge on any atom is 0.0840 e. The Labute approximate surface area is 103 Å². The van der Waals surface area contributed by atoms with Gasteiger partial charge in [0.15, 0.2) is 0 Å². The first-order chi connectivity index (χ1) is 8.40. The average Bonchev–Trinajstić information content (AvgIpc) is 2.40. The Kier molecular flexibility index (Phi) is 4.98. The first kappa shape index (κ1) is 12.6. The molecule has 0 saturated carbocycles. The van der Waals surface area contributed by atoms with Gasteiger partial charge in [-0.15, -0.1) is 0 Å². The molecule has 1 aromatic carbocycles. The van der Waals surface area contributed by atoms with Gasteiger partial charge in [-0.3, -0.25) is 0 Å². The number of hydrogen-bond acceptors (Lipinski definition) is 3. The molecule has 1 aliphatic rings. The number of nitrogens with two attached hydrogens (primary N) is 1. The third-order valence-corrected chi connectivity index (χ3v) is 3.13. The quantitative estimate of drug-likeness (QED) is 0.851. The van der Waals surface area contributed by atoms with Crippen LogP contribution in [-0.4, -0.2) is 25.9 Å². The Morgan fingerprint density at radius 2 is 1.94 bits per heavy atom. The van der Waals surface area contributed by atoms with Crippen molar-refractivity contribution in [2.45, 2.75) is 31.5 Å². The normalized spacial score (nSPS) is 19.1. The molecule has 2 rings (SSSR count). The number of rotatable bonds is 5. The smallest absolute Gasteiger partial charge is 0.0840 e. The van der Waals surface area contributed by atoms with Crippen LogP contribution in [0.5, 0.6) is 0 Å². The summed E-state index contributed by atoms with van der Waals surface area (Å²) in [5, 5.41) is 0. The lowest BCUT2D eigenvalue weighted by molar-refractivity contribution is -0.0713. The molecule has 0 amide bonds. The Hall–Kier alpha value is -0.900. The molecule has 0 spiro atoms. The van der Waals surface area contributed by atoms with E-state index in [4.69, 9.17) is 15.2 Å². The van der Waals surface area contributed by atoms with Gasteiger partial charge >= 0.3 is 0 Å². The molecule has 1 unspecified atom stereocenters. The van der Waals surface area contributed by atoms with Crippen LogP contribution in [0.2, 0.25) is 0 Å². The summed E-state index contributed by atoms with van der Waals surface area (Å²) in [5.41, 5.74) is 6.89. The van der Waals surface area contributed by atoms with Gasteiger partial charge in [0, 0.05) is 13.2 Å². The van der Waals surface area contributed by atoms with Crippen molar-refractivity contribution in [1.29, 1.82) is 0 Å². The fourth-order valence-corrected chi connectivity index (χ4v) is 2.18. The largest absolute Gasteiger partial charge is 0.381 e. The van der Waals surface area contributed by atoms with E-state index < -0.39 is 0 Å². The van der Waals surface area contributed by atoms with Crippen molar-refractivity contribution >= 4 is 0 Å². The molecule has 1 aliphatic heterocycles. The zero-order chi connectivity index (χ0) is 11.9. The van der Waals surface area contributed by atoms with Crippen LogP contribution in [0.1, 0.15) is 30.9 Å². The van der Waals surface area contributed by atoms with Crippen molar-refractivity contribution in [3.05, 3.63) is 35.9 Å². The Bertz CT molecular complexity index is 309. The fourth-order valence-electron chi connectivity index (χ4n) is 2.18. The number of hydrogen-bond donors (Lipinski definition) is 1. The first-order valence-electron chi connectivity index (χ1n) is 6.38. The summed E-state index contributed by atoms with van der Waals surface area (Å²) in [6.45, 7) is 2.28. The van der Waals surface area contributed by atoms with Crippen LogP contribution in [0.4, 0.5) is 0 Å². The summed E-state index contributed by atoms with van der Waals surface area (Å²) >= 11 is 0. The van der Waals surface area contributed by atoms with Crippen molar-refractivity contribution in [2.24, 2.45) is 5.73 Å². The maximum absolute atomic E-state index is 6.16. The molecule has 0 radical (unpaired) electrons. The van der Waals surface area contributed by atoms with Gasteiger partial charge in [0.1, 0.15) is 0 Å². The Morgan fingerprint density at radius 3 is 2.59 bits per heavy atom. The minimum Gasteiger partial charge on any atom is -0.381 e. The van der Waals surface area contributed by atoms with Gasteiger partial charge in [-0.25, -0.2) is 0 Å². The predicted molar refractivity (Wildman–Crippen MR) is 67.8 cm³/mol. The lowest BCUT2D eigenvalue weighted by atomic mass is 10.1. The van der Waals surface area contributed by atoms with E-state index in [2.05, 4.69) is 12.1 Å². The van der Waals surface area contributed by atoms with Gasteiger partial charge in [-0.1, -0.05) is 30.3 Å². The third kappa shape index (κ3) is 3.80. The van der Waals surface area contributed by atoms with Crippen LogP contribution >= 0.6 is 0 Å². The summed E-state index contributed by atoms with van der Waals surface area (Å²) in [7, 11) is 0. The van der Waals surface area contributed by atoms with Crippen molar-refractivity contribution in [3.63, 3.8) is 0 Å². The van der Waals surface area contributed by atoms with Crippen molar-refractivity contribution in [3.8, 4) is 0 Å². The summed E-state index contributed by atoms with van der Waals surface area (Å²) in [4.78, 5) is 0. The first-order valence-corrected chi connectivity index (χ1v) is 6.38. The zero-order valence-electron chi connectivity index (χ0n) is 10.2. The van der Waals surface area contributed by atoms with Crippen LogP contribution in [0, 0.1) is 0 Å². The molecule has 1 heterocycles. The second kappa shape index (κ2) is 6.74. The second-order valence-corrected chi connectivity index (χ2v) is 4.42. The van der Waals surface area contributed by atoms with E-state index in [-0.39, 0.29) is 6.10 Å². The van der Waals surface area contributed by atoms with Crippen molar-refractivity contribution in [2.75, 3.05) is 19.8 Å². The van der Waals surface area contributed by atoms with Crippen LogP contribution in [0.3, 0.4) is 0 Å². The molecule has 1 fully saturated rings. The van der Waals surface area contributed by atoms with Gasteiger partial charge in [-0.05, 0) is 31.4 Å². The third-order valence-electron chi connectivity index (χ3n) is 3.13. The predicted octanol–water partition coefficient (Wildman–Crippen LogP) is 2.27. The van der Waals surface area contributed by atoms with Crippen LogP contribution in [0.15, 0.2) is 30.3 Å². The summed E-state index contributed by atoms with van der Waals surface area (Å²) < 4.78 is 11.5. The number of ether oxygens (including phenoxy) is 2. The average molecular weight is 235 g/mol. The second-order valence-electron chi connectivity index (χ2n) is 4.42. The van der Waals surface area contributed by atoms with Gasteiger partial charge in [0.25, 0.3) is 0 Å². The molecule has 0 bridgehead atoms. The van der Waals surface area contributed by atoms with Gasteiger partial charge in [-0.2, -0.15) is 0 Å². The highest BCUT2D eigenvalue weighted by Crippen LogP contribution is 2.25. The van der Waals surface area contributed by atoms with E-state index in [0.717, 1.165) is 32.5 Å². The lowest BCUT2D eigenvalue weighted by Gasteiger charge is -2.27. The topological polar surface area (TPSA) is 44.5 Å². The molecule has 17 heavy (non-hydrogen) atoms. The van der Waals surface area contributed by atoms with E-state index in [1.54, 1.807) is 0 Å². The van der Waals surface area contributed by atoms with Gasteiger partial charge < -0.3 is 15.2 Å². The molecule has 1 saturated heterocycles. The summed E-state index contributed by atoms with van der Waals surface area (Å²) in [6, 6.07) is 10.3. The van der Waals surface area contributed by atoms with Crippen LogP contribution in [-0.2, 0) is 9.47 Å². The molecule has 2 N–H and O–H groups in total. The molecule has 1 atom stereocenters. The molecule has 1 aromatic rings. The monoisotopic (exact) mass is 235 g/mol. The Morgan fingerprint density at radius 1 is 1.24 bits per heavy atom. The summed E-state index contributed by atoms with van der Waals surface area (Å²) in [5.74, 6) is 0. The minimum atomic E-state index is 0.129. The van der Waals surface area contributed by atoms with E-state index in [9.17, 15) is 0 Å². The standard InChI is InChI=1S/C14H21NO2/c15-9-6-14(12-4-2-1-3-5-12)17-13-7-10-16-11-8-13/h1-5,13-14H,6-11,15H2. The van der Waals surface area contributed by atoms with Crippen LogP contribution < -0.4 is 5.73 Å². The highest BCUT2D eigenvalue weighted by atomic mass is 16.5. The SMILES string of the molecule is NCCC(OC1CCOCC1)c1ccccc1. The van der Waals surface area contributed by atoms with E-state index in [0.29, 0.717) is 12.6 Å². The van der Waals surface area contributed by atoms with Gasteiger partial charge in [0.05, 0.1) is 12.2 Å². The van der Waals surface area contributed by atoms with E-state index >= 15 is 0 Å². The van der Waals surface area contributed by atoms with Crippen molar-refractivity contribution in [1.82, 2.24) is 0 Å². The van der Waals surface area contributed by atoms with Gasteiger partial charge in [0.2, 0.25) is 0 Å². The maximum atomic E-state index is 6.16. The molecular weight excluding hydrogens is 214 g/mol. The molecule has 0 aliphatic carbocycles. The minimum absolute atomic E-state index is 0.129. The lowest BCUT2D eigenvalue weighted by Crippen LogP contribution is -2.26. The highest BCUT2D eigenvalue weighted by Gasteiger charge is 2.20. The molecular formula is C14H21NO2.